The number of carboxylic acids is 1. The van der Waals surface area contributed by atoms with Crippen molar-refractivity contribution in [2.24, 2.45) is 0 Å². The van der Waals surface area contributed by atoms with Gasteiger partial charge in [-0.2, -0.15) is 5.10 Å². The zero-order chi connectivity index (χ0) is 15.3. The zero-order valence-electron chi connectivity index (χ0n) is 11.6. The number of benzene rings is 1. The van der Waals surface area contributed by atoms with Crippen molar-refractivity contribution in [3.63, 3.8) is 0 Å². The van der Waals surface area contributed by atoms with Gasteiger partial charge in [-0.1, -0.05) is 0 Å². The molecule has 0 fully saturated rings. The lowest BCUT2D eigenvalue weighted by atomic mass is 10.1. The highest BCUT2D eigenvalue weighted by molar-refractivity contribution is 5.88. The van der Waals surface area contributed by atoms with Crippen molar-refractivity contribution in [1.82, 2.24) is 14.6 Å². The van der Waals surface area contributed by atoms with E-state index < -0.39 is 5.97 Å². The predicted molar refractivity (Wildman–Crippen MR) is 76.2 cm³/mol. The predicted octanol–water partition coefficient (Wildman–Crippen LogP) is 2.13. The zero-order valence-corrected chi connectivity index (χ0v) is 11.6. The molecule has 0 saturated heterocycles. The first kappa shape index (κ1) is 12.6. The van der Waals surface area contributed by atoms with Crippen LogP contribution in [0.15, 0.2) is 30.5 Å². The van der Waals surface area contributed by atoms with Crippen LogP contribution in [0.25, 0.3) is 16.9 Å². The second-order valence-electron chi connectivity index (χ2n) is 4.93. The summed E-state index contributed by atoms with van der Waals surface area (Å²) < 4.78 is 12.2. The van der Waals surface area contributed by atoms with E-state index in [0.29, 0.717) is 28.5 Å². The molecule has 3 aromatic rings. The molecule has 1 N–H and O–H groups in total. The van der Waals surface area contributed by atoms with Gasteiger partial charge in [-0.25, -0.2) is 14.3 Å². The first-order valence-electron chi connectivity index (χ1n) is 6.62. The third-order valence-corrected chi connectivity index (χ3v) is 3.62. The fourth-order valence-corrected chi connectivity index (χ4v) is 2.46. The number of carbonyl (C=O) groups is 1. The first-order valence-corrected chi connectivity index (χ1v) is 6.62. The lowest BCUT2D eigenvalue weighted by molar-refractivity contribution is 0.0695. The van der Waals surface area contributed by atoms with Gasteiger partial charge in [0.15, 0.2) is 17.1 Å². The van der Waals surface area contributed by atoms with Crippen molar-refractivity contribution in [2.75, 3.05) is 6.79 Å². The number of nitrogens with zero attached hydrogens (tertiary/aromatic N) is 3. The Bertz CT molecular complexity index is 917. The van der Waals surface area contributed by atoms with Crippen molar-refractivity contribution < 1.29 is 19.4 Å². The van der Waals surface area contributed by atoms with E-state index in [9.17, 15) is 4.79 Å². The molecular weight excluding hydrogens is 286 g/mol. The van der Waals surface area contributed by atoms with Crippen LogP contribution in [0.5, 0.6) is 11.5 Å². The Morgan fingerprint density at radius 1 is 1.27 bits per heavy atom. The minimum Gasteiger partial charge on any atom is -0.478 e. The molecule has 0 radical (unpaired) electrons. The quantitative estimate of drug-likeness (QED) is 0.780. The van der Waals surface area contributed by atoms with E-state index in [0.717, 1.165) is 5.56 Å². The molecule has 22 heavy (non-hydrogen) atoms. The van der Waals surface area contributed by atoms with Gasteiger partial charge in [0.2, 0.25) is 6.79 Å². The molecule has 0 spiro atoms. The number of ether oxygens (including phenoxy) is 2. The highest BCUT2D eigenvalue weighted by atomic mass is 16.7. The van der Waals surface area contributed by atoms with Crippen LogP contribution in [0.2, 0.25) is 0 Å². The lowest BCUT2D eigenvalue weighted by Crippen LogP contribution is -2.06. The number of aromatic carboxylic acids is 1. The van der Waals surface area contributed by atoms with Gasteiger partial charge in [-0.3, -0.25) is 0 Å². The standard InChI is InChI=1S/C15H11N3O4/c1-8-10(15(19)20)6-16-14-5-11(17-18(8)14)9-2-3-12-13(4-9)22-7-21-12/h2-6H,7H2,1H3,(H,19,20). The van der Waals surface area contributed by atoms with E-state index in [1.807, 2.05) is 18.2 Å². The number of fused-ring (bicyclic) bond motifs is 2. The van der Waals surface area contributed by atoms with Crippen LogP contribution in [0, 0.1) is 6.92 Å². The molecule has 4 rings (SSSR count). The molecule has 1 aliphatic heterocycles. The Morgan fingerprint density at radius 2 is 2.09 bits per heavy atom. The second kappa shape index (κ2) is 4.45. The van der Waals surface area contributed by atoms with Crippen LogP contribution in [0.3, 0.4) is 0 Å². The molecule has 0 aliphatic carbocycles. The number of hydrogen-bond acceptors (Lipinski definition) is 5. The molecule has 7 nitrogen and oxygen atoms in total. The lowest BCUT2D eigenvalue weighted by Gasteiger charge is -2.02. The number of hydrogen-bond donors (Lipinski definition) is 1. The van der Waals surface area contributed by atoms with E-state index in [1.54, 1.807) is 13.0 Å². The van der Waals surface area contributed by atoms with E-state index in [2.05, 4.69) is 10.1 Å². The number of aromatic nitrogens is 3. The highest BCUT2D eigenvalue weighted by Gasteiger charge is 2.17. The third-order valence-electron chi connectivity index (χ3n) is 3.62. The molecule has 110 valence electrons. The topological polar surface area (TPSA) is 86.0 Å². The van der Waals surface area contributed by atoms with E-state index in [4.69, 9.17) is 14.6 Å². The molecule has 0 bridgehead atoms. The number of rotatable bonds is 2. The van der Waals surface area contributed by atoms with Gasteiger partial charge >= 0.3 is 5.97 Å². The fraction of sp³-hybridized carbons (Fsp3) is 0.133. The minimum atomic E-state index is -1.02. The van der Waals surface area contributed by atoms with Gasteiger partial charge in [0, 0.05) is 17.8 Å². The van der Waals surface area contributed by atoms with Crippen LogP contribution in [-0.4, -0.2) is 32.5 Å². The minimum absolute atomic E-state index is 0.132. The van der Waals surface area contributed by atoms with Gasteiger partial charge in [0.25, 0.3) is 0 Å². The van der Waals surface area contributed by atoms with Crippen molar-refractivity contribution in [2.45, 2.75) is 6.92 Å². The summed E-state index contributed by atoms with van der Waals surface area (Å²) in [5.74, 6) is 0.354. The summed E-state index contributed by atoms with van der Waals surface area (Å²) in [4.78, 5) is 15.3. The average Bonchev–Trinajstić information content (AvgIpc) is 3.13. The Balaban J connectivity index is 1.86. The van der Waals surface area contributed by atoms with Crippen molar-refractivity contribution in [3.05, 3.63) is 41.7 Å². The fourth-order valence-electron chi connectivity index (χ4n) is 2.46. The maximum atomic E-state index is 11.2. The van der Waals surface area contributed by atoms with Crippen molar-refractivity contribution in [1.29, 1.82) is 0 Å². The van der Waals surface area contributed by atoms with Gasteiger partial charge in [-0.15, -0.1) is 0 Å². The smallest absolute Gasteiger partial charge is 0.339 e. The maximum Gasteiger partial charge on any atom is 0.339 e. The third kappa shape index (κ3) is 1.79. The normalized spacial score (nSPS) is 12.8. The van der Waals surface area contributed by atoms with Crippen LogP contribution in [-0.2, 0) is 0 Å². The van der Waals surface area contributed by atoms with Crippen molar-refractivity contribution >= 4 is 11.6 Å². The molecule has 2 aromatic heterocycles. The number of carboxylic acid groups (broad SMARTS) is 1. The van der Waals surface area contributed by atoms with Gasteiger partial charge < -0.3 is 14.6 Å². The summed E-state index contributed by atoms with van der Waals surface area (Å²) >= 11 is 0. The van der Waals surface area contributed by atoms with Crippen LogP contribution >= 0.6 is 0 Å². The van der Waals surface area contributed by atoms with Gasteiger partial charge in [0.1, 0.15) is 0 Å². The molecule has 7 heteroatoms. The average molecular weight is 297 g/mol. The Labute approximate surface area is 124 Å². The summed E-state index contributed by atoms with van der Waals surface area (Å²) in [5.41, 5.74) is 2.80. The molecule has 1 aliphatic rings. The Hall–Kier alpha value is -3.09. The van der Waals surface area contributed by atoms with Crippen LogP contribution < -0.4 is 9.47 Å². The summed E-state index contributed by atoms with van der Waals surface area (Å²) in [5, 5.41) is 13.6. The molecule has 0 saturated carbocycles. The first-order chi connectivity index (χ1) is 10.6. The molecule has 0 atom stereocenters. The monoisotopic (exact) mass is 297 g/mol. The maximum absolute atomic E-state index is 11.2. The van der Waals surface area contributed by atoms with Crippen molar-refractivity contribution in [3.8, 4) is 22.8 Å². The molecule has 0 unspecified atom stereocenters. The summed E-state index contributed by atoms with van der Waals surface area (Å²) in [7, 11) is 0. The van der Waals surface area contributed by atoms with E-state index in [-0.39, 0.29) is 12.4 Å². The highest BCUT2D eigenvalue weighted by Crippen LogP contribution is 2.35. The van der Waals surface area contributed by atoms with Crippen LogP contribution in [0.4, 0.5) is 0 Å². The Kier molecular flexibility index (Phi) is 2.56. The summed E-state index contributed by atoms with van der Waals surface area (Å²) in [6, 6.07) is 7.35. The van der Waals surface area contributed by atoms with E-state index >= 15 is 0 Å². The second-order valence-corrected chi connectivity index (χ2v) is 4.93. The summed E-state index contributed by atoms with van der Waals surface area (Å²) in [6.45, 7) is 1.92. The van der Waals surface area contributed by atoms with Gasteiger partial charge in [0.05, 0.1) is 17.0 Å². The van der Waals surface area contributed by atoms with Gasteiger partial charge in [-0.05, 0) is 25.1 Å². The number of aryl methyl sites for hydroxylation is 1. The largest absolute Gasteiger partial charge is 0.478 e. The van der Waals surface area contributed by atoms with E-state index in [1.165, 1.54) is 10.7 Å². The Morgan fingerprint density at radius 3 is 2.91 bits per heavy atom. The molecule has 0 amide bonds. The molecule has 3 heterocycles. The molecular formula is C15H11N3O4. The summed E-state index contributed by atoms with van der Waals surface area (Å²) in [6.07, 6.45) is 1.35. The molecule has 1 aromatic carbocycles. The SMILES string of the molecule is Cc1c(C(=O)O)cnc2cc(-c3ccc4c(c3)OCO4)nn12. The van der Waals surface area contributed by atoms with Crippen LogP contribution in [0.1, 0.15) is 16.1 Å².